The van der Waals surface area contributed by atoms with Crippen molar-refractivity contribution < 1.29 is 19.1 Å². The number of anilines is 1. The number of furan rings is 1. The van der Waals surface area contributed by atoms with Crippen LogP contribution >= 0.6 is 0 Å². The van der Waals surface area contributed by atoms with Crippen molar-refractivity contribution in [3.8, 4) is 0 Å². The Hall–Kier alpha value is -3.27. The molecule has 1 fully saturated rings. The third kappa shape index (κ3) is 4.11. The van der Waals surface area contributed by atoms with Gasteiger partial charge in [-0.2, -0.15) is 0 Å². The number of carbonyl (C=O) groups is 1. The Bertz CT molecular complexity index is 866. The molecule has 1 aliphatic heterocycles. The lowest BCUT2D eigenvalue weighted by Gasteiger charge is -2.11. The van der Waals surface area contributed by atoms with Gasteiger partial charge in [0.1, 0.15) is 11.3 Å². The average Bonchev–Trinajstić information content (AvgIpc) is 3.28. The number of rotatable bonds is 6. The van der Waals surface area contributed by atoms with Crippen molar-refractivity contribution in [2.24, 2.45) is 0 Å². The van der Waals surface area contributed by atoms with Gasteiger partial charge in [-0.05, 0) is 45.0 Å². The number of benzene rings is 1. The van der Waals surface area contributed by atoms with E-state index in [0.29, 0.717) is 12.3 Å². The smallest absolute Gasteiger partial charge is 0.291 e. The number of hydrogen-bond donors (Lipinski definition) is 1. The first-order chi connectivity index (χ1) is 12.8. The van der Waals surface area contributed by atoms with Crippen molar-refractivity contribution in [2.45, 2.75) is 26.3 Å². The first-order valence-electron chi connectivity index (χ1n) is 8.41. The van der Waals surface area contributed by atoms with E-state index < -0.39 is 27.1 Å². The standard InChI is InChI=1S/C17H18N4O6/c1-11-14(20(23)24)8-12(9-15(11)21(25)26)18-17(22)16-5-4-13(27-16)10-19-6-2-3-7-19/h4-5,8-9H,2-3,6-7,10H2,1H3,(H,18,22). The molecule has 1 N–H and O–H groups in total. The van der Waals surface area contributed by atoms with Gasteiger partial charge < -0.3 is 9.73 Å². The molecule has 27 heavy (non-hydrogen) atoms. The molecule has 3 rings (SSSR count). The summed E-state index contributed by atoms with van der Waals surface area (Å²) < 4.78 is 5.54. The van der Waals surface area contributed by atoms with Crippen molar-refractivity contribution >= 4 is 23.0 Å². The van der Waals surface area contributed by atoms with Crippen molar-refractivity contribution in [2.75, 3.05) is 18.4 Å². The van der Waals surface area contributed by atoms with Crippen LogP contribution < -0.4 is 5.32 Å². The maximum Gasteiger partial charge on any atom is 0.291 e. The van der Waals surface area contributed by atoms with Crippen LogP contribution in [-0.4, -0.2) is 33.7 Å². The first-order valence-corrected chi connectivity index (χ1v) is 8.41. The Morgan fingerprint density at radius 2 is 1.74 bits per heavy atom. The Morgan fingerprint density at radius 3 is 2.30 bits per heavy atom. The molecule has 0 unspecified atom stereocenters. The summed E-state index contributed by atoms with van der Waals surface area (Å²) in [6.45, 7) is 3.87. The molecular formula is C17H18N4O6. The molecule has 2 heterocycles. The van der Waals surface area contributed by atoms with E-state index in [1.807, 2.05) is 0 Å². The van der Waals surface area contributed by atoms with Gasteiger partial charge in [0.2, 0.25) is 0 Å². The summed E-state index contributed by atoms with van der Waals surface area (Å²) in [6.07, 6.45) is 2.28. The molecule has 1 amide bonds. The monoisotopic (exact) mass is 374 g/mol. The van der Waals surface area contributed by atoms with Crippen molar-refractivity contribution in [1.29, 1.82) is 0 Å². The Labute approximate surface area is 154 Å². The lowest BCUT2D eigenvalue weighted by atomic mass is 10.1. The SMILES string of the molecule is Cc1c([N+](=O)[O-])cc(NC(=O)c2ccc(CN3CCCC3)o2)cc1[N+](=O)[O-]. The van der Waals surface area contributed by atoms with E-state index >= 15 is 0 Å². The number of nitrogens with one attached hydrogen (secondary N) is 1. The maximum absolute atomic E-state index is 12.4. The van der Waals surface area contributed by atoms with E-state index in [9.17, 15) is 25.0 Å². The predicted octanol–water partition coefficient (Wildman–Crippen LogP) is 3.25. The van der Waals surface area contributed by atoms with Gasteiger partial charge >= 0.3 is 0 Å². The number of likely N-dealkylation sites (tertiary alicyclic amines) is 1. The molecule has 1 aliphatic rings. The highest BCUT2D eigenvalue weighted by Gasteiger charge is 2.24. The fourth-order valence-electron chi connectivity index (χ4n) is 3.07. The third-order valence-electron chi connectivity index (χ3n) is 4.47. The normalized spacial score (nSPS) is 14.3. The lowest BCUT2D eigenvalue weighted by Crippen LogP contribution is -2.18. The summed E-state index contributed by atoms with van der Waals surface area (Å²) >= 11 is 0. The van der Waals surface area contributed by atoms with Gasteiger partial charge in [0, 0.05) is 12.1 Å². The molecule has 2 aromatic rings. The van der Waals surface area contributed by atoms with Crippen molar-refractivity contribution in [3.05, 3.63) is 61.6 Å². The second-order valence-electron chi connectivity index (χ2n) is 6.36. The van der Waals surface area contributed by atoms with Crippen LogP contribution in [0, 0.1) is 27.2 Å². The van der Waals surface area contributed by atoms with Crippen molar-refractivity contribution in [1.82, 2.24) is 4.90 Å². The van der Waals surface area contributed by atoms with Gasteiger partial charge in [-0.1, -0.05) is 0 Å². The molecule has 0 atom stereocenters. The van der Waals surface area contributed by atoms with Crippen molar-refractivity contribution in [3.63, 3.8) is 0 Å². The summed E-state index contributed by atoms with van der Waals surface area (Å²) in [5.41, 5.74) is -0.988. The van der Waals surface area contributed by atoms with Gasteiger partial charge in [0.25, 0.3) is 17.3 Å². The number of nitrogens with zero attached hydrogens (tertiary/aromatic N) is 3. The van der Waals surface area contributed by atoms with Gasteiger partial charge in [-0.25, -0.2) is 0 Å². The minimum atomic E-state index is -0.723. The van der Waals surface area contributed by atoms with E-state index in [-0.39, 0.29) is 17.0 Å². The molecule has 0 aliphatic carbocycles. The predicted molar refractivity (Wildman–Crippen MR) is 95.7 cm³/mol. The van der Waals surface area contributed by atoms with Gasteiger partial charge in [0.05, 0.1) is 22.1 Å². The molecule has 10 heteroatoms. The van der Waals surface area contributed by atoms with Crippen LogP contribution in [0.5, 0.6) is 0 Å². The van der Waals surface area contributed by atoms with Crippen LogP contribution in [0.15, 0.2) is 28.7 Å². The van der Waals surface area contributed by atoms with E-state index in [2.05, 4.69) is 10.2 Å². The average molecular weight is 374 g/mol. The molecule has 10 nitrogen and oxygen atoms in total. The highest BCUT2D eigenvalue weighted by Crippen LogP contribution is 2.32. The van der Waals surface area contributed by atoms with Gasteiger partial charge in [0.15, 0.2) is 5.76 Å². The highest BCUT2D eigenvalue weighted by molar-refractivity contribution is 6.02. The van der Waals surface area contributed by atoms with Gasteiger partial charge in [-0.3, -0.25) is 29.9 Å². The molecule has 1 aromatic heterocycles. The largest absolute Gasteiger partial charge is 0.455 e. The minimum Gasteiger partial charge on any atom is -0.455 e. The number of hydrogen-bond acceptors (Lipinski definition) is 7. The van der Waals surface area contributed by atoms with Crippen LogP contribution in [0.2, 0.25) is 0 Å². The summed E-state index contributed by atoms with van der Waals surface area (Å²) in [4.78, 5) is 35.4. The summed E-state index contributed by atoms with van der Waals surface area (Å²) in [5, 5.41) is 24.7. The summed E-state index contributed by atoms with van der Waals surface area (Å²) in [7, 11) is 0. The molecule has 0 bridgehead atoms. The molecular weight excluding hydrogens is 356 g/mol. The quantitative estimate of drug-likeness (QED) is 0.606. The zero-order valence-corrected chi connectivity index (χ0v) is 14.6. The molecule has 0 radical (unpaired) electrons. The zero-order valence-electron chi connectivity index (χ0n) is 14.6. The summed E-state index contributed by atoms with van der Waals surface area (Å²) in [6, 6.07) is 5.40. The third-order valence-corrected chi connectivity index (χ3v) is 4.47. The Morgan fingerprint density at radius 1 is 1.15 bits per heavy atom. The Balaban J connectivity index is 1.78. The number of carbonyl (C=O) groups excluding carboxylic acids is 1. The molecule has 0 saturated carbocycles. The maximum atomic E-state index is 12.4. The summed E-state index contributed by atoms with van der Waals surface area (Å²) in [5.74, 6) is 0.0492. The number of nitro groups is 2. The van der Waals surface area contributed by atoms with E-state index in [0.717, 1.165) is 38.1 Å². The van der Waals surface area contributed by atoms with Crippen LogP contribution in [0.1, 0.15) is 34.7 Å². The van der Waals surface area contributed by atoms with E-state index in [1.54, 1.807) is 6.07 Å². The van der Waals surface area contributed by atoms with Crippen LogP contribution in [-0.2, 0) is 6.54 Å². The molecule has 142 valence electrons. The van der Waals surface area contributed by atoms with Gasteiger partial charge in [-0.15, -0.1) is 0 Å². The topological polar surface area (TPSA) is 132 Å². The first kappa shape index (κ1) is 18.5. The molecule has 0 spiro atoms. The van der Waals surface area contributed by atoms with Crippen LogP contribution in [0.25, 0.3) is 0 Å². The zero-order chi connectivity index (χ0) is 19.6. The Kier molecular flexibility index (Phi) is 5.17. The number of nitro benzene ring substituents is 2. The van der Waals surface area contributed by atoms with E-state index in [4.69, 9.17) is 4.42 Å². The number of amides is 1. The van der Waals surface area contributed by atoms with Crippen LogP contribution in [0.4, 0.5) is 17.1 Å². The fourth-order valence-corrected chi connectivity index (χ4v) is 3.07. The second kappa shape index (κ2) is 7.54. The fraction of sp³-hybridized carbons (Fsp3) is 0.353. The molecule has 1 saturated heterocycles. The molecule has 1 aromatic carbocycles. The highest BCUT2D eigenvalue weighted by atomic mass is 16.6. The minimum absolute atomic E-state index is 0.0371. The van der Waals surface area contributed by atoms with Crippen LogP contribution in [0.3, 0.4) is 0 Å². The second-order valence-corrected chi connectivity index (χ2v) is 6.36. The van der Waals surface area contributed by atoms with E-state index in [1.165, 1.54) is 13.0 Å². The lowest BCUT2D eigenvalue weighted by molar-refractivity contribution is -0.395.